The van der Waals surface area contributed by atoms with Crippen LogP contribution in [0.4, 0.5) is 10.8 Å². The van der Waals surface area contributed by atoms with Crippen molar-refractivity contribution >= 4 is 61.5 Å². The van der Waals surface area contributed by atoms with Gasteiger partial charge in [0.15, 0.2) is 5.13 Å². The number of non-ortho nitro benzene ring substituents is 1. The molecule has 1 aromatic heterocycles. The monoisotopic (exact) mass is 436 g/mol. The summed E-state index contributed by atoms with van der Waals surface area (Å²) in [4.78, 5) is 31.6. The molecule has 1 fully saturated rings. The Morgan fingerprint density at radius 1 is 1.11 bits per heavy atom. The Morgan fingerprint density at radius 3 is 2.57 bits per heavy atom. The van der Waals surface area contributed by atoms with Gasteiger partial charge in [0, 0.05) is 43.3 Å². The first-order valence-electron chi connectivity index (χ1n) is 8.46. The Hall–Kier alpha value is -2.42. The van der Waals surface area contributed by atoms with E-state index < -0.39 is 4.92 Å². The van der Waals surface area contributed by atoms with Crippen molar-refractivity contribution in [3.8, 4) is 0 Å². The SMILES string of the molecule is O=C(c1cc([N+](=O)[O-])ccc1Cl)N1CCN(c2nc3ccc(Cl)cc3s2)CC1. The van der Waals surface area contributed by atoms with Crippen molar-refractivity contribution in [3.63, 3.8) is 0 Å². The maximum absolute atomic E-state index is 12.8. The number of anilines is 1. The molecule has 10 heteroatoms. The Morgan fingerprint density at radius 2 is 1.86 bits per heavy atom. The molecule has 4 rings (SSSR count). The summed E-state index contributed by atoms with van der Waals surface area (Å²) in [5, 5.41) is 12.7. The third-order valence-corrected chi connectivity index (χ3v) is 6.21. The lowest BCUT2D eigenvalue weighted by atomic mass is 10.1. The molecule has 2 heterocycles. The van der Waals surface area contributed by atoms with Gasteiger partial charge in [-0.25, -0.2) is 4.98 Å². The number of carbonyl (C=O) groups excluding carboxylic acids is 1. The lowest BCUT2D eigenvalue weighted by molar-refractivity contribution is -0.384. The molecule has 0 aliphatic carbocycles. The molecule has 28 heavy (non-hydrogen) atoms. The van der Waals surface area contributed by atoms with Crippen LogP contribution in [0.2, 0.25) is 10.0 Å². The van der Waals surface area contributed by atoms with Crippen LogP contribution in [0.25, 0.3) is 10.2 Å². The summed E-state index contributed by atoms with van der Waals surface area (Å²) in [5.41, 5.74) is 0.893. The van der Waals surface area contributed by atoms with Gasteiger partial charge in [0.1, 0.15) is 0 Å². The number of halogens is 2. The molecule has 1 aliphatic rings. The number of fused-ring (bicyclic) bond motifs is 1. The maximum atomic E-state index is 12.8. The number of hydrogen-bond donors (Lipinski definition) is 0. The van der Waals surface area contributed by atoms with Gasteiger partial charge in [-0.15, -0.1) is 0 Å². The molecule has 0 radical (unpaired) electrons. The quantitative estimate of drug-likeness (QED) is 0.446. The van der Waals surface area contributed by atoms with Crippen molar-refractivity contribution in [2.45, 2.75) is 0 Å². The summed E-state index contributed by atoms with van der Waals surface area (Å²) >= 11 is 13.7. The summed E-state index contributed by atoms with van der Waals surface area (Å²) in [6.07, 6.45) is 0. The summed E-state index contributed by atoms with van der Waals surface area (Å²) < 4.78 is 1.02. The number of benzene rings is 2. The van der Waals surface area contributed by atoms with E-state index >= 15 is 0 Å². The van der Waals surface area contributed by atoms with Crippen LogP contribution in [0.1, 0.15) is 10.4 Å². The third kappa shape index (κ3) is 3.63. The van der Waals surface area contributed by atoms with E-state index in [1.807, 2.05) is 18.2 Å². The van der Waals surface area contributed by atoms with Gasteiger partial charge in [-0.1, -0.05) is 34.5 Å². The Labute approximate surface area is 174 Å². The van der Waals surface area contributed by atoms with E-state index in [2.05, 4.69) is 9.88 Å². The van der Waals surface area contributed by atoms with Gasteiger partial charge in [0.25, 0.3) is 11.6 Å². The average molecular weight is 437 g/mol. The zero-order valence-corrected chi connectivity index (χ0v) is 16.8. The maximum Gasteiger partial charge on any atom is 0.270 e. The van der Waals surface area contributed by atoms with E-state index in [0.717, 1.165) is 15.3 Å². The molecule has 0 atom stereocenters. The van der Waals surface area contributed by atoms with Crippen molar-refractivity contribution < 1.29 is 9.72 Å². The standard InChI is InChI=1S/C18H14Cl2N4O3S/c19-11-1-4-15-16(9-11)28-18(21-15)23-7-5-22(6-8-23)17(25)13-10-12(24(26)27)2-3-14(13)20/h1-4,9-10H,5-8H2. The minimum atomic E-state index is -0.537. The molecule has 7 nitrogen and oxygen atoms in total. The van der Waals surface area contributed by atoms with Gasteiger partial charge in [0.2, 0.25) is 0 Å². The molecule has 2 aromatic carbocycles. The molecular weight excluding hydrogens is 423 g/mol. The second-order valence-electron chi connectivity index (χ2n) is 6.31. The van der Waals surface area contributed by atoms with E-state index in [1.165, 1.54) is 18.2 Å². The van der Waals surface area contributed by atoms with Crippen LogP contribution in [0.3, 0.4) is 0 Å². The van der Waals surface area contributed by atoms with Crippen LogP contribution >= 0.6 is 34.5 Å². The zero-order valence-electron chi connectivity index (χ0n) is 14.5. The lowest BCUT2D eigenvalue weighted by Gasteiger charge is -2.34. The van der Waals surface area contributed by atoms with E-state index in [1.54, 1.807) is 16.2 Å². The highest BCUT2D eigenvalue weighted by molar-refractivity contribution is 7.22. The van der Waals surface area contributed by atoms with Crippen LogP contribution in [-0.4, -0.2) is 46.9 Å². The number of carbonyl (C=O) groups is 1. The number of piperazine rings is 1. The van der Waals surface area contributed by atoms with Crippen LogP contribution in [0, 0.1) is 10.1 Å². The smallest absolute Gasteiger partial charge is 0.270 e. The predicted octanol–water partition coefficient (Wildman–Crippen LogP) is 4.47. The zero-order chi connectivity index (χ0) is 19.8. The number of aromatic nitrogens is 1. The minimum Gasteiger partial charge on any atom is -0.345 e. The molecule has 1 amide bonds. The molecular formula is C18H14Cl2N4O3S. The topological polar surface area (TPSA) is 79.6 Å². The van der Waals surface area contributed by atoms with Crippen LogP contribution in [0.5, 0.6) is 0 Å². The fraction of sp³-hybridized carbons (Fsp3) is 0.222. The molecule has 1 saturated heterocycles. The largest absolute Gasteiger partial charge is 0.345 e. The van der Waals surface area contributed by atoms with Crippen molar-refractivity contribution in [2.75, 3.05) is 31.1 Å². The van der Waals surface area contributed by atoms with Crippen molar-refractivity contribution in [1.82, 2.24) is 9.88 Å². The molecule has 3 aromatic rings. The van der Waals surface area contributed by atoms with Gasteiger partial charge < -0.3 is 9.80 Å². The number of nitro benzene ring substituents is 1. The minimum absolute atomic E-state index is 0.152. The molecule has 0 unspecified atom stereocenters. The van der Waals surface area contributed by atoms with Gasteiger partial charge >= 0.3 is 0 Å². The number of nitrogens with zero attached hydrogens (tertiary/aromatic N) is 4. The van der Waals surface area contributed by atoms with Crippen molar-refractivity contribution in [3.05, 3.63) is 62.1 Å². The summed E-state index contributed by atoms with van der Waals surface area (Å²) in [6.45, 7) is 2.20. The second-order valence-corrected chi connectivity index (χ2v) is 8.16. The van der Waals surface area contributed by atoms with Crippen molar-refractivity contribution in [1.29, 1.82) is 0 Å². The van der Waals surface area contributed by atoms with Crippen LogP contribution in [-0.2, 0) is 0 Å². The second kappa shape index (κ2) is 7.54. The average Bonchev–Trinajstić information content (AvgIpc) is 3.11. The molecule has 1 aliphatic heterocycles. The first-order chi connectivity index (χ1) is 13.4. The third-order valence-electron chi connectivity index (χ3n) is 4.57. The highest BCUT2D eigenvalue weighted by Crippen LogP contribution is 2.31. The lowest BCUT2D eigenvalue weighted by Crippen LogP contribution is -2.48. The molecule has 0 bridgehead atoms. The summed E-state index contributed by atoms with van der Waals surface area (Å²) in [7, 11) is 0. The van der Waals surface area contributed by atoms with Crippen LogP contribution < -0.4 is 4.90 Å². The number of rotatable bonds is 3. The van der Waals surface area contributed by atoms with Crippen molar-refractivity contribution in [2.24, 2.45) is 0 Å². The normalized spacial score (nSPS) is 14.5. The highest BCUT2D eigenvalue weighted by Gasteiger charge is 2.26. The highest BCUT2D eigenvalue weighted by atomic mass is 35.5. The summed E-state index contributed by atoms with van der Waals surface area (Å²) in [5.74, 6) is -0.301. The first-order valence-corrected chi connectivity index (χ1v) is 10.0. The van der Waals surface area contributed by atoms with Gasteiger partial charge in [0.05, 0.1) is 25.7 Å². The fourth-order valence-electron chi connectivity index (χ4n) is 3.08. The van der Waals surface area contributed by atoms with E-state index in [4.69, 9.17) is 23.2 Å². The number of amides is 1. The number of nitro groups is 1. The Bertz CT molecular complexity index is 1080. The van der Waals surface area contributed by atoms with Crippen LogP contribution in [0.15, 0.2) is 36.4 Å². The molecule has 144 valence electrons. The number of hydrogen-bond acceptors (Lipinski definition) is 6. The molecule has 0 saturated carbocycles. The molecule has 0 N–H and O–H groups in total. The Kier molecular flexibility index (Phi) is 5.09. The predicted molar refractivity (Wildman–Crippen MR) is 111 cm³/mol. The van der Waals surface area contributed by atoms with Gasteiger partial charge in [-0.2, -0.15) is 0 Å². The number of thiazole rings is 1. The van der Waals surface area contributed by atoms with Gasteiger partial charge in [-0.3, -0.25) is 14.9 Å². The first kappa shape index (κ1) is 18.9. The van der Waals surface area contributed by atoms with E-state index in [-0.39, 0.29) is 22.2 Å². The van der Waals surface area contributed by atoms with Gasteiger partial charge in [-0.05, 0) is 24.3 Å². The fourth-order valence-corrected chi connectivity index (χ4v) is 4.58. The summed E-state index contributed by atoms with van der Waals surface area (Å²) in [6, 6.07) is 9.50. The molecule has 0 spiro atoms. The Balaban J connectivity index is 1.48. The van der Waals surface area contributed by atoms with E-state index in [9.17, 15) is 14.9 Å². The van der Waals surface area contributed by atoms with E-state index in [0.29, 0.717) is 31.2 Å².